The van der Waals surface area contributed by atoms with E-state index in [2.05, 4.69) is 42.6 Å². The number of hydrogen-bond donors (Lipinski definition) is 1. The standard InChI is InChI=1S/C15H14N2/c1-10-6-5-8-12-14(10)17-13-9-4-3-7-11(13)15(12)16-2/h3-9H,1-2H3,(H,16,17). The van der Waals surface area contributed by atoms with Crippen LogP contribution in [-0.4, -0.2) is 12.0 Å². The van der Waals surface area contributed by atoms with Gasteiger partial charge in [0.2, 0.25) is 0 Å². The van der Waals surface area contributed by atoms with Gasteiger partial charge in [-0.05, 0) is 18.6 Å². The van der Waals surface area contributed by atoms with Crippen LogP contribution in [0.2, 0.25) is 0 Å². The molecule has 0 aliphatic heterocycles. The number of aromatic nitrogens is 1. The predicted octanol–water partition coefficient (Wildman–Crippen LogP) is 3.74. The lowest BCUT2D eigenvalue weighted by atomic mass is 10.1. The molecule has 84 valence electrons. The molecule has 1 aromatic heterocycles. The van der Waals surface area contributed by atoms with Crippen LogP contribution in [0, 0.1) is 6.92 Å². The third-order valence-electron chi connectivity index (χ3n) is 3.16. The zero-order valence-corrected chi connectivity index (χ0v) is 9.99. The minimum atomic E-state index is 1.04. The van der Waals surface area contributed by atoms with Crippen molar-refractivity contribution in [1.82, 2.24) is 4.98 Å². The maximum Gasteiger partial charge on any atom is 0.0759 e. The number of benzene rings is 2. The van der Waals surface area contributed by atoms with Crippen LogP contribution in [0.25, 0.3) is 21.8 Å². The van der Waals surface area contributed by atoms with Crippen molar-refractivity contribution in [3.05, 3.63) is 48.0 Å². The highest BCUT2D eigenvalue weighted by Crippen LogP contribution is 2.31. The molecule has 3 aromatic rings. The Morgan fingerprint density at radius 2 is 1.71 bits per heavy atom. The molecule has 1 heterocycles. The summed E-state index contributed by atoms with van der Waals surface area (Å²) in [4.78, 5) is 4.75. The van der Waals surface area contributed by atoms with Gasteiger partial charge in [0.15, 0.2) is 0 Å². The summed E-state index contributed by atoms with van der Waals surface area (Å²) in [7, 11) is 1.96. The van der Waals surface area contributed by atoms with Crippen LogP contribution in [0.4, 0.5) is 5.69 Å². The van der Waals surface area contributed by atoms with E-state index >= 15 is 0 Å². The zero-order valence-electron chi connectivity index (χ0n) is 9.99. The van der Waals surface area contributed by atoms with Gasteiger partial charge >= 0.3 is 0 Å². The molecular formula is C15H14N2. The van der Waals surface area contributed by atoms with Crippen molar-refractivity contribution >= 4 is 27.5 Å². The van der Waals surface area contributed by atoms with Crippen LogP contribution >= 0.6 is 0 Å². The second-order valence-electron chi connectivity index (χ2n) is 4.23. The lowest BCUT2D eigenvalue weighted by Gasteiger charge is -2.11. The van der Waals surface area contributed by atoms with Crippen molar-refractivity contribution in [2.75, 3.05) is 12.4 Å². The number of para-hydroxylation sites is 2. The molecule has 0 saturated carbocycles. The SMILES string of the molecule is CNc1c2ccccc2nc2c(C)cccc12. The maximum atomic E-state index is 4.75. The molecule has 2 nitrogen and oxygen atoms in total. The molecule has 1 N–H and O–H groups in total. The van der Waals surface area contributed by atoms with Gasteiger partial charge < -0.3 is 5.32 Å². The van der Waals surface area contributed by atoms with Crippen molar-refractivity contribution < 1.29 is 0 Å². The molecule has 0 saturated heterocycles. The maximum absolute atomic E-state index is 4.75. The van der Waals surface area contributed by atoms with E-state index in [4.69, 9.17) is 4.98 Å². The number of nitrogens with zero attached hydrogens (tertiary/aromatic N) is 1. The molecule has 0 atom stereocenters. The van der Waals surface area contributed by atoms with Gasteiger partial charge in [0.05, 0.1) is 16.7 Å². The third-order valence-corrected chi connectivity index (χ3v) is 3.16. The fourth-order valence-corrected chi connectivity index (χ4v) is 2.33. The first-order chi connectivity index (χ1) is 8.31. The van der Waals surface area contributed by atoms with E-state index in [-0.39, 0.29) is 0 Å². The second-order valence-corrected chi connectivity index (χ2v) is 4.23. The number of fused-ring (bicyclic) bond motifs is 2. The molecule has 17 heavy (non-hydrogen) atoms. The third kappa shape index (κ3) is 1.45. The Bertz CT molecular complexity index is 702. The summed E-state index contributed by atoms with van der Waals surface area (Å²) in [5, 5.41) is 5.66. The minimum absolute atomic E-state index is 1.04. The van der Waals surface area contributed by atoms with Crippen molar-refractivity contribution in [2.45, 2.75) is 6.92 Å². The van der Waals surface area contributed by atoms with Gasteiger partial charge in [-0.1, -0.05) is 36.4 Å². The first-order valence-corrected chi connectivity index (χ1v) is 5.77. The van der Waals surface area contributed by atoms with Gasteiger partial charge in [0, 0.05) is 17.8 Å². The van der Waals surface area contributed by atoms with Gasteiger partial charge in [-0.3, -0.25) is 0 Å². The first-order valence-electron chi connectivity index (χ1n) is 5.77. The van der Waals surface area contributed by atoms with E-state index in [0.717, 1.165) is 16.7 Å². The molecule has 2 heteroatoms. The summed E-state index contributed by atoms with van der Waals surface area (Å²) in [5.41, 5.74) is 4.49. The zero-order chi connectivity index (χ0) is 11.8. The van der Waals surface area contributed by atoms with Crippen LogP contribution in [-0.2, 0) is 0 Å². The van der Waals surface area contributed by atoms with Crippen molar-refractivity contribution in [3.8, 4) is 0 Å². The van der Waals surface area contributed by atoms with Crippen molar-refractivity contribution in [1.29, 1.82) is 0 Å². The van der Waals surface area contributed by atoms with Gasteiger partial charge in [0.1, 0.15) is 0 Å². The van der Waals surface area contributed by atoms with Gasteiger partial charge in [0.25, 0.3) is 0 Å². The normalized spacial score (nSPS) is 10.9. The Morgan fingerprint density at radius 1 is 0.941 bits per heavy atom. The van der Waals surface area contributed by atoms with Crippen LogP contribution in [0.15, 0.2) is 42.5 Å². The average Bonchev–Trinajstić information content (AvgIpc) is 2.37. The number of pyridine rings is 1. The summed E-state index contributed by atoms with van der Waals surface area (Å²) in [5.74, 6) is 0. The average molecular weight is 222 g/mol. The fraction of sp³-hybridized carbons (Fsp3) is 0.133. The Labute approximate surface area is 100 Å². The van der Waals surface area contributed by atoms with Crippen LogP contribution in [0.5, 0.6) is 0 Å². The molecule has 0 bridgehead atoms. The summed E-state index contributed by atoms with van der Waals surface area (Å²) >= 11 is 0. The lowest BCUT2D eigenvalue weighted by Crippen LogP contribution is -1.95. The Kier molecular flexibility index (Phi) is 2.22. The van der Waals surface area contributed by atoms with E-state index in [9.17, 15) is 0 Å². The van der Waals surface area contributed by atoms with E-state index in [1.54, 1.807) is 0 Å². The molecule has 2 aromatic carbocycles. The quantitative estimate of drug-likeness (QED) is 0.634. The van der Waals surface area contributed by atoms with Gasteiger partial charge in [-0.25, -0.2) is 4.98 Å². The highest BCUT2D eigenvalue weighted by atomic mass is 14.8. The molecule has 0 aliphatic carbocycles. The molecule has 3 rings (SSSR count). The Balaban J connectivity index is 2.58. The molecule has 0 aliphatic rings. The summed E-state index contributed by atoms with van der Waals surface area (Å²) in [6, 6.07) is 14.5. The van der Waals surface area contributed by atoms with Crippen LogP contribution in [0.1, 0.15) is 5.56 Å². The summed E-state index contributed by atoms with van der Waals surface area (Å²) in [6.07, 6.45) is 0. The molecular weight excluding hydrogens is 208 g/mol. The second kappa shape index (κ2) is 3.74. The summed E-state index contributed by atoms with van der Waals surface area (Å²) < 4.78 is 0. The molecule has 0 amide bonds. The monoisotopic (exact) mass is 222 g/mol. The van der Waals surface area contributed by atoms with Gasteiger partial charge in [-0.2, -0.15) is 0 Å². The number of nitrogens with one attached hydrogen (secondary N) is 1. The number of hydrogen-bond acceptors (Lipinski definition) is 2. The van der Waals surface area contributed by atoms with E-state index in [1.165, 1.54) is 16.3 Å². The highest BCUT2D eigenvalue weighted by molar-refractivity contribution is 6.08. The Morgan fingerprint density at radius 3 is 2.53 bits per heavy atom. The topological polar surface area (TPSA) is 24.9 Å². The van der Waals surface area contributed by atoms with Crippen molar-refractivity contribution in [3.63, 3.8) is 0 Å². The molecule has 0 fully saturated rings. The van der Waals surface area contributed by atoms with Crippen LogP contribution < -0.4 is 5.32 Å². The minimum Gasteiger partial charge on any atom is -0.387 e. The molecule has 0 spiro atoms. The van der Waals surface area contributed by atoms with Crippen LogP contribution in [0.3, 0.4) is 0 Å². The first kappa shape index (κ1) is 10.1. The van der Waals surface area contributed by atoms with Gasteiger partial charge in [-0.15, -0.1) is 0 Å². The smallest absolute Gasteiger partial charge is 0.0759 e. The van der Waals surface area contributed by atoms with Crippen molar-refractivity contribution in [2.24, 2.45) is 0 Å². The molecule has 0 unspecified atom stereocenters. The number of aryl methyl sites for hydroxylation is 1. The largest absolute Gasteiger partial charge is 0.387 e. The Hall–Kier alpha value is -2.09. The lowest BCUT2D eigenvalue weighted by molar-refractivity contribution is 1.41. The number of anilines is 1. The predicted molar refractivity (Wildman–Crippen MR) is 73.5 cm³/mol. The highest BCUT2D eigenvalue weighted by Gasteiger charge is 2.08. The summed E-state index contributed by atoms with van der Waals surface area (Å²) in [6.45, 7) is 2.10. The van der Waals surface area contributed by atoms with E-state index in [0.29, 0.717) is 0 Å². The van der Waals surface area contributed by atoms with E-state index in [1.807, 2.05) is 19.2 Å². The number of rotatable bonds is 1. The fourth-order valence-electron chi connectivity index (χ4n) is 2.33. The van der Waals surface area contributed by atoms with E-state index < -0.39 is 0 Å². The molecule has 0 radical (unpaired) electrons.